The topological polar surface area (TPSA) is 81.4 Å². The van der Waals surface area contributed by atoms with E-state index in [4.69, 9.17) is 10.5 Å². The fraction of sp³-hybridized carbons (Fsp3) is 0.571. The number of nitrogens with two attached hydrogens (primary N) is 1. The van der Waals surface area contributed by atoms with Gasteiger partial charge in [0.15, 0.2) is 0 Å². The third-order valence-electron chi connectivity index (χ3n) is 3.57. The average molecular weight is 300 g/mol. The Hall–Kier alpha value is -1.27. The lowest BCUT2D eigenvalue weighted by Crippen LogP contribution is -2.33. The number of hydrogen-bond acceptors (Lipinski definition) is 4. The first kappa shape index (κ1) is 16.8. The lowest BCUT2D eigenvalue weighted by atomic mass is 9.82. The van der Waals surface area contributed by atoms with Crippen LogP contribution in [0.2, 0.25) is 0 Å². The molecule has 3 N–H and O–H groups in total. The van der Waals surface area contributed by atoms with Gasteiger partial charge in [0.05, 0.1) is 17.7 Å². The SMILES string of the molecule is COc1cc(S(=O)(=O)NCC(C)C(C)(C)C)ccc1N. The fourth-order valence-electron chi connectivity index (χ4n) is 1.48. The Morgan fingerprint density at radius 1 is 1.35 bits per heavy atom. The van der Waals surface area contributed by atoms with Gasteiger partial charge < -0.3 is 10.5 Å². The predicted molar refractivity (Wildman–Crippen MR) is 81.2 cm³/mol. The van der Waals surface area contributed by atoms with Crippen LogP contribution in [0.1, 0.15) is 27.7 Å². The minimum Gasteiger partial charge on any atom is -0.495 e. The molecule has 0 saturated carbocycles. The highest BCUT2D eigenvalue weighted by atomic mass is 32.2. The van der Waals surface area contributed by atoms with Crippen molar-refractivity contribution in [2.24, 2.45) is 11.3 Å². The van der Waals surface area contributed by atoms with Gasteiger partial charge in [0, 0.05) is 12.6 Å². The van der Waals surface area contributed by atoms with Crippen molar-refractivity contribution in [2.45, 2.75) is 32.6 Å². The summed E-state index contributed by atoms with van der Waals surface area (Å²) < 4.78 is 32.1. The Labute approximate surface area is 121 Å². The maximum atomic E-state index is 12.2. The first-order chi connectivity index (χ1) is 9.08. The van der Waals surface area contributed by atoms with Crippen LogP contribution in [0.15, 0.2) is 23.1 Å². The van der Waals surface area contributed by atoms with Crippen LogP contribution in [-0.2, 0) is 10.0 Å². The Morgan fingerprint density at radius 2 is 1.95 bits per heavy atom. The van der Waals surface area contributed by atoms with E-state index in [-0.39, 0.29) is 16.2 Å². The molecule has 0 aliphatic heterocycles. The highest BCUT2D eigenvalue weighted by Gasteiger charge is 2.23. The highest BCUT2D eigenvalue weighted by Crippen LogP contribution is 2.26. The normalized spacial score (nSPS) is 14.1. The molecule has 5 nitrogen and oxygen atoms in total. The van der Waals surface area contributed by atoms with Crippen molar-refractivity contribution in [3.8, 4) is 5.75 Å². The zero-order chi connectivity index (χ0) is 15.6. The zero-order valence-corrected chi connectivity index (χ0v) is 13.5. The molecular weight excluding hydrogens is 276 g/mol. The quantitative estimate of drug-likeness (QED) is 0.817. The maximum Gasteiger partial charge on any atom is 0.240 e. The minimum atomic E-state index is -3.55. The van der Waals surface area contributed by atoms with E-state index in [2.05, 4.69) is 25.5 Å². The van der Waals surface area contributed by atoms with E-state index in [0.717, 1.165) is 0 Å². The monoisotopic (exact) mass is 300 g/mol. The first-order valence-corrected chi connectivity index (χ1v) is 7.99. The summed E-state index contributed by atoms with van der Waals surface area (Å²) in [5.41, 5.74) is 6.14. The van der Waals surface area contributed by atoms with E-state index in [1.165, 1.54) is 25.3 Å². The van der Waals surface area contributed by atoms with Crippen LogP contribution in [0, 0.1) is 11.3 Å². The summed E-state index contributed by atoms with van der Waals surface area (Å²) in [4.78, 5) is 0.157. The van der Waals surface area contributed by atoms with Crippen molar-refractivity contribution >= 4 is 15.7 Å². The number of benzene rings is 1. The highest BCUT2D eigenvalue weighted by molar-refractivity contribution is 7.89. The summed E-state index contributed by atoms with van der Waals surface area (Å²) in [7, 11) is -2.09. The van der Waals surface area contributed by atoms with Gasteiger partial charge in [0.2, 0.25) is 10.0 Å². The van der Waals surface area contributed by atoms with Crippen molar-refractivity contribution in [3.63, 3.8) is 0 Å². The maximum absolute atomic E-state index is 12.2. The van der Waals surface area contributed by atoms with Crippen LogP contribution >= 0.6 is 0 Å². The van der Waals surface area contributed by atoms with E-state index in [1.807, 2.05) is 6.92 Å². The van der Waals surface area contributed by atoms with Gasteiger partial charge in [-0.25, -0.2) is 13.1 Å². The molecule has 0 spiro atoms. The van der Waals surface area contributed by atoms with Crippen molar-refractivity contribution in [1.82, 2.24) is 4.72 Å². The van der Waals surface area contributed by atoms with Gasteiger partial charge in [-0.3, -0.25) is 0 Å². The molecule has 0 radical (unpaired) electrons. The molecule has 6 heteroatoms. The van der Waals surface area contributed by atoms with Crippen molar-refractivity contribution < 1.29 is 13.2 Å². The molecule has 1 unspecified atom stereocenters. The molecule has 114 valence electrons. The van der Waals surface area contributed by atoms with E-state index in [0.29, 0.717) is 18.0 Å². The summed E-state index contributed by atoms with van der Waals surface area (Å²) >= 11 is 0. The molecule has 0 aliphatic carbocycles. The van der Waals surface area contributed by atoms with Crippen LogP contribution in [-0.4, -0.2) is 22.1 Å². The third kappa shape index (κ3) is 4.11. The summed E-state index contributed by atoms with van der Waals surface area (Å²) in [5.74, 6) is 0.574. The molecule has 0 bridgehead atoms. The summed E-state index contributed by atoms with van der Waals surface area (Å²) in [6, 6.07) is 4.43. The smallest absolute Gasteiger partial charge is 0.240 e. The zero-order valence-electron chi connectivity index (χ0n) is 12.7. The Bertz CT molecular complexity index is 562. The third-order valence-corrected chi connectivity index (χ3v) is 4.99. The van der Waals surface area contributed by atoms with Crippen LogP contribution in [0.25, 0.3) is 0 Å². The van der Waals surface area contributed by atoms with Gasteiger partial charge in [-0.15, -0.1) is 0 Å². The van der Waals surface area contributed by atoms with Crippen LogP contribution in [0.3, 0.4) is 0 Å². The average Bonchev–Trinajstić information content (AvgIpc) is 2.35. The summed E-state index contributed by atoms with van der Waals surface area (Å²) in [6.45, 7) is 8.65. The number of nitrogens with one attached hydrogen (secondary N) is 1. The second-order valence-corrected chi connectivity index (χ2v) is 7.79. The van der Waals surface area contributed by atoms with Gasteiger partial charge in [0.1, 0.15) is 5.75 Å². The van der Waals surface area contributed by atoms with E-state index < -0.39 is 10.0 Å². The lowest BCUT2D eigenvalue weighted by Gasteiger charge is -2.27. The molecule has 1 rings (SSSR count). The molecule has 1 atom stereocenters. The molecule has 0 saturated heterocycles. The number of sulfonamides is 1. The van der Waals surface area contributed by atoms with E-state index in [9.17, 15) is 8.42 Å². The molecular formula is C14H24N2O3S. The molecule has 20 heavy (non-hydrogen) atoms. The molecule has 0 aliphatic rings. The van der Waals surface area contributed by atoms with Gasteiger partial charge in [-0.1, -0.05) is 27.7 Å². The van der Waals surface area contributed by atoms with Crippen molar-refractivity contribution in [1.29, 1.82) is 0 Å². The Balaban J connectivity index is 2.90. The summed E-state index contributed by atoms with van der Waals surface area (Å²) in [5, 5.41) is 0. The van der Waals surface area contributed by atoms with Crippen LogP contribution < -0.4 is 15.2 Å². The van der Waals surface area contributed by atoms with E-state index in [1.54, 1.807) is 0 Å². The first-order valence-electron chi connectivity index (χ1n) is 6.51. The summed E-state index contributed by atoms with van der Waals surface area (Å²) in [6.07, 6.45) is 0. The number of ether oxygens (including phenoxy) is 1. The lowest BCUT2D eigenvalue weighted by molar-refractivity contribution is 0.263. The van der Waals surface area contributed by atoms with Crippen molar-refractivity contribution in [3.05, 3.63) is 18.2 Å². The fourth-order valence-corrected chi connectivity index (χ4v) is 2.63. The second-order valence-electron chi connectivity index (χ2n) is 6.02. The van der Waals surface area contributed by atoms with Gasteiger partial charge >= 0.3 is 0 Å². The predicted octanol–water partition coefficient (Wildman–Crippen LogP) is 2.24. The molecule has 0 amide bonds. The van der Waals surface area contributed by atoms with Gasteiger partial charge in [-0.2, -0.15) is 0 Å². The molecule has 1 aromatic carbocycles. The van der Waals surface area contributed by atoms with Crippen LogP contribution in [0.4, 0.5) is 5.69 Å². The Kier molecular flexibility index (Phi) is 5.05. The second kappa shape index (κ2) is 6.01. The number of anilines is 1. The van der Waals surface area contributed by atoms with Crippen molar-refractivity contribution in [2.75, 3.05) is 19.4 Å². The number of hydrogen-bond donors (Lipinski definition) is 2. The largest absolute Gasteiger partial charge is 0.495 e. The number of methoxy groups -OCH3 is 1. The number of rotatable bonds is 5. The van der Waals surface area contributed by atoms with Crippen LogP contribution in [0.5, 0.6) is 5.75 Å². The Morgan fingerprint density at radius 3 is 2.45 bits per heavy atom. The number of nitrogen functional groups attached to an aromatic ring is 1. The molecule has 0 fully saturated rings. The standard InChI is InChI=1S/C14H24N2O3S/c1-10(14(2,3)4)9-16-20(17,18)11-6-7-12(15)13(8-11)19-5/h6-8,10,16H,9,15H2,1-5H3. The molecule has 0 heterocycles. The van der Waals surface area contributed by atoms with E-state index >= 15 is 0 Å². The van der Waals surface area contributed by atoms with Gasteiger partial charge in [-0.05, 0) is 23.5 Å². The minimum absolute atomic E-state index is 0.0430. The molecule has 0 aromatic heterocycles. The van der Waals surface area contributed by atoms with Gasteiger partial charge in [0.25, 0.3) is 0 Å². The molecule has 1 aromatic rings.